The Hall–Kier alpha value is -0.540. The third-order valence-corrected chi connectivity index (χ3v) is 4.47. The van der Waals surface area contributed by atoms with Crippen LogP contribution in [0.1, 0.15) is 44.8 Å². The molecule has 2 nitrogen and oxygen atoms in total. The van der Waals surface area contributed by atoms with E-state index in [4.69, 9.17) is 0 Å². The highest BCUT2D eigenvalue weighted by atomic mass is 79.9. The maximum Gasteiger partial charge on any atom is 0.0782 e. The fraction of sp³-hybridized carbons (Fsp3) is 0.600. The Kier molecular flexibility index (Phi) is 4.68. The molecular formula is C15H22BrNO. The maximum absolute atomic E-state index is 9.88. The van der Waals surface area contributed by atoms with Gasteiger partial charge in [0, 0.05) is 28.8 Å². The lowest BCUT2D eigenvalue weighted by Gasteiger charge is -2.35. The van der Waals surface area contributed by atoms with E-state index in [2.05, 4.69) is 33.8 Å². The number of anilines is 1. The first-order chi connectivity index (χ1) is 8.61. The maximum atomic E-state index is 9.88. The van der Waals surface area contributed by atoms with Crippen molar-refractivity contribution >= 4 is 21.6 Å². The number of benzene rings is 1. The van der Waals surface area contributed by atoms with E-state index in [0.29, 0.717) is 0 Å². The van der Waals surface area contributed by atoms with E-state index in [0.717, 1.165) is 29.0 Å². The first-order valence-corrected chi connectivity index (χ1v) is 7.63. The van der Waals surface area contributed by atoms with Crippen molar-refractivity contribution in [2.45, 2.75) is 39.2 Å². The van der Waals surface area contributed by atoms with Gasteiger partial charge in [0.1, 0.15) is 0 Å². The highest BCUT2D eigenvalue weighted by Gasteiger charge is 2.21. The molecule has 0 spiro atoms. The molecule has 1 unspecified atom stereocenters. The molecule has 1 aromatic carbocycles. The summed E-state index contributed by atoms with van der Waals surface area (Å²) in [6.45, 7) is 6.33. The van der Waals surface area contributed by atoms with Crippen LogP contribution in [0.4, 0.5) is 5.69 Å². The monoisotopic (exact) mass is 311 g/mol. The van der Waals surface area contributed by atoms with Crippen LogP contribution in [-0.4, -0.2) is 18.2 Å². The number of aliphatic hydroxyl groups is 1. The average Bonchev–Trinajstić information content (AvgIpc) is 2.38. The molecule has 1 aromatic rings. The van der Waals surface area contributed by atoms with Crippen molar-refractivity contribution in [3.05, 3.63) is 28.2 Å². The van der Waals surface area contributed by atoms with Crippen LogP contribution in [0, 0.1) is 5.92 Å². The summed E-state index contributed by atoms with van der Waals surface area (Å²) < 4.78 is 1.08. The van der Waals surface area contributed by atoms with Crippen LogP contribution in [-0.2, 0) is 0 Å². The van der Waals surface area contributed by atoms with Crippen LogP contribution in [0.25, 0.3) is 0 Å². The molecule has 1 heterocycles. The highest BCUT2D eigenvalue weighted by molar-refractivity contribution is 9.10. The average molecular weight is 312 g/mol. The lowest BCUT2D eigenvalue weighted by atomic mass is 9.93. The zero-order valence-electron chi connectivity index (χ0n) is 11.2. The lowest BCUT2D eigenvalue weighted by molar-refractivity contribution is 0.199. The Labute approximate surface area is 118 Å². The van der Waals surface area contributed by atoms with Crippen LogP contribution >= 0.6 is 15.9 Å². The zero-order chi connectivity index (χ0) is 13.1. The van der Waals surface area contributed by atoms with Gasteiger partial charge in [-0.25, -0.2) is 0 Å². The third-order valence-electron chi connectivity index (χ3n) is 3.98. The van der Waals surface area contributed by atoms with E-state index in [1.54, 1.807) is 0 Å². The molecule has 1 aliphatic heterocycles. The van der Waals surface area contributed by atoms with E-state index in [-0.39, 0.29) is 0 Å². The van der Waals surface area contributed by atoms with Crippen molar-refractivity contribution < 1.29 is 5.11 Å². The first kappa shape index (κ1) is 13.9. The minimum atomic E-state index is -0.406. The summed E-state index contributed by atoms with van der Waals surface area (Å²) in [5, 5.41) is 9.88. The molecule has 1 aliphatic rings. The normalized spacial score (nSPS) is 19.0. The van der Waals surface area contributed by atoms with Crippen molar-refractivity contribution in [2.24, 2.45) is 5.92 Å². The number of rotatable bonds is 3. The number of nitrogens with zero attached hydrogens (tertiary/aromatic N) is 1. The molecule has 1 saturated heterocycles. The summed E-state index contributed by atoms with van der Waals surface area (Å²) in [4.78, 5) is 2.42. The first-order valence-electron chi connectivity index (χ1n) is 6.84. The Morgan fingerprint density at radius 3 is 2.61 bits per heavy atom. The fourth-order valence-corrected chi connectivity index (χ4v) is 3.08. The van der Waals surface area contributed by atoms with Crippen LogP contribution in [0.15, 0.2) is 22.7 Å². The van der Waals surface area contributed by atoms with Gasteiger partial charge in [-0.15, -0.1) is 0 Å². The van der Waals surface area contributed by atoms with Gasteiger partial charge < -0.3 is 10.0 Å². The molecule has 1 atom stereocenters. The molecule has 0 saturated carbocycles. The predicted octanol–water partition coefficient (Wildman–Crippen LogP) is 4.13. The number of hydrogen-bond donors (Lipinski definition) is 1. The molecule has 2 rings (SSSR count). The molecular weight excluding hydrogens is 290 g/mol. The summed E-state index contributed by atoms with van der Waals surface area (Å²) >= 11 is 3.53. The molecule has 100 valence electrons. The topological polar surface area (TPSA) is 23.5 Å². The summed E-state index contributed by atoms with van der Waals surface area (Å²) in [6.07, 6.45) is 3.41. The zero-order valence-corrected chi connectivity index (χ0v) is 12.8. The molecule has 1 N–H and O–H groups in total. The SMILES string of the molecule is CCC1CCN(c2cc(Br)ccc2C(C)O)CC1. The summed E-state index contributed by atoms with van der Waals surface area (Å²) in [5.41, 5.74) is 2.22. The van der Waals surface area contributed by atoms with Gasteiger partial charge in [0.25, 0.3) is 0 Å². The van der Waals surface area contributed by atoms with E-state index in [1.165, 1.54) is 24.9 Å². The van der Waals surface area contributed by atoms with Crippen molar-refractivity contribution in [3.63, 3.8) is 0 Å². The Morgan fingerprint density at radius 1 is 1.39 bits per heavy atom. The summed E-state index contributed by atoms with van der Waals surface area (Å²) in [6, 6.07) is 6.16. The third kappa shape index (κ3) is 3.07. The van der Waals surface area contributed by atoms with Crippen LogP contribution in [0.2, 0.25) is 0 Å². The smallest absolute Gasteiger partial charge is 0.0782 e. The fourth-order valence-electron chi connectivity index (χ4n) is 2.73. The van der Waals surface area contributed by atoms with Gasteiger partial charge in [-0.1, -0.05) is 35.3 Å². The molecule has 3 heteroatoms. The van der Waals surface area contributed by atoms with Crippen LogP contribution in [0.3, 0.4) is 0 Å². The van der Waals surface area contributed by atoms with Gasteiger partial charge >= 0.3 is 0 Å². The van der Waals surface area contributed by atoms with Gasteiger partial charge in [0.05, 0.1) is 6.10 Å². The quantitative estimate of drug-likeness (QED) is 0.907. The second-order valence-corrected chi connectivity index (χ2v) is 6.13. The number of halogens is 1. The Balaban J connectivity index is 2.20. The standard InChI is InChI=1S/C15H22BrNO/c1-3-12-6-8-17(9-7-12)15-10-13(16)4-5-14(15)11(2)18/h4-5,10-12,18H,3,6-9H2,1-2H3. The molecule has 0 aliphatic carbocycles. The number of piperidine rings is 1. The van der Waals surface area contributed by atoms with Gasteiger partial charge in [-0.05, 0) is 37.8 Å². The second kappa shape index (κ2) is 6.07. The van der Waals surface area contributed by atoms with Crippen molar-refractivity contribution in [1.82, 2.24) is 0 Å². The largest absolute Gasteiger partial charge is 0.389 e. The molecule has 18 heavy (non-hydrogen) atoms. The molecule has 1 fully saturated rings. The molecule has 0 bridgehead atoms. The van der Waals surface area contributed by atoms with Gasteiger partial charge in [-0.2, -0.15) is 0 Å². The summed E-state index contributed by atoms with van der Waals surface area (Å²) in [5.74, 6) is 0.878. The Morgan fingerprint density at radius 2 is 2.06 bits per heavy atom. The number of hydrogen-bond acceptors (Lipinski definition) is 2. The summed E-state index contributed by atoms with van der Waals surface area (Å²) in [7, 11) is 0. The minimum absolute atomic E-state index is 0.406. The van der Waals surface area contributed by atoms with Gasteiger partial charge in [0.15, 0.2) is 0 Å². The molecule has 0 aromatic heterocycles. The van der Waals surface area contributed by atoms with Crippen LogP contribution in [0.5, 0.6) is 0 Å². The van der Waals surface area contributed by atoms with Crippen LogP contribution < -0.4 is 4.90 Å². The van der Waals surface area contributed by atoms with E-state index < -0.39 is 6.10 Å². The Bertz CT molecular complexity index is 397. The lowest BCUT2D eigenvalue weighted by Crippen LogP contribution is -2.34. The van der Waals surface area contributed by atoms with Crippen molar-refractivity contribution in [2.75, 3.05) is 18.0 Å². The van der Waals surface area contributed by atoms with E-state index >= 15 is 0 Å². The van der Waals surface area contributed by atoms with Gasteiger partial charge in [0.2, 0.25) is 0 Å². The van der Waals surface area contributed by atoms with E-state index in [1.807, 2.05) is 19.1 Å². The second-order valence-electron chi connectivity index (χ2n) is 5.22. The minimum Gasteiger partial charge on any atom is -0.389 e. The predicted molar refractivity (Wildman–Crippen MR) is 80.0 cm³/mol. The highest BCUT2D eigenvalue weighted by Crippen LogP contribution is 2.32. The molecule has 0 radical (unpaired) electrons. The van der Waals surface area contributed by atoms with Crippen molar-refractivity contribution in [1.29, 1.82) is 0 Å². The van der Waals surface area contributed by atoms with E-state index in [9.17, 15) is 5.11 Å². The number of aliphatic hydroxyl groups excluding tert-OH is 1. The molecule has 0 amide bonds. The van der Waals surface area contributed by atoms with Gasteiger partial charge in [-0.3, -0.25) is 0 Å². The van der Waals surface area contributed by atoms with Crippen molar-refractivity contribution in [3.8, 4) is 0 Å².